The lowest BCUT2D eigenvalue weighted by atomic mass is 10.2. The summed E-state index contributed by atoms with van der Waals surface area (Å²) in [5.74, 6) is 0.0408. The van der Waals surface area contributed by atoms with Crippen molar-refractivity contribution in [2.75, 3.05) is 26.2 Å². The highest BCUT2D eigenvalue weighted by Gasteiger charge is 2.32. The third kappa shape index (κ3) is 2.77. The molecule has 0 spiro atoms. The quantitative estimate of drug-likeness (QED) is 0.857. The molecule has 0 unspecified atom stereocenters. The molecule has 5 nitrogen and oxygen atoms in total. The Morgan fingerprint density at radius 1 is 1.26 bits per heavy atom. The second-order valence-corrected chi connectivity index (χ2v) is 5.32. The van der Waals surface area contributed by atoms with Crippen molar-refractivity contribution in [1.82, 2.24) is 14.8 Å². The Hall–Kier alpha value is -1.46. The molecule has 0 radical (unpaired) electrons. The van der Waals surface area contributed by atoms with E-state index in [0.717, 1.165) is 37.8 Å². The number of pyridine rings is 1. The number of hydrogen-bond acceptors (Lipinski definition) is 4. The Labute approximate surface area is 113 Å². The molecule has 1 amide bonds. The first kappa shape index (κ1) is 12.6. The van der Waals surface area contributed by atoms with Crippen molar-refractivity contribution < 1.29 is 4.79 Å². The van der Waals surface area contributed by atoms with E-state index in [1.165, 1.54) is 12.8 Å². The number of carbonyl (C=O) groups is 1. The van der Waals surface area contributed by atoms with Crippen LogP contribution in [-0.4, -0.2) is 52.9 Å². The van der Waals surface area contributed by atoms with Crippen LogP contribution in [0.5, 0.6) is 0 Å². The second-order valence-electron chi connectivity index (χ2n) is 5.32. The maximum Gasteiger partial charge on any atom is 0.272 e. The van der Waals surface area contributed by atoms with Gasteiger partial charge >= 0.3 is 0 Å². The minimum absolute atomic E-state index is 0.0408. The highest BCUT2D eigenvalue weighted by atomic mass is 16.2. The van der Waals surface area contributed by atoms with E-state index in [1.54, 1.807) is 12.3 Å². The molecule has 1 aromatic heterocycles. The Bertz CT molecular complexity index is 447. The molecule has 0 aromatic carbocycles. The average molecular weight is 260 g/mol. The van der Waals surface area contributed by atoms with Crippen molar-refractivity contribution in [3.05, 3.63) is 29.6 Å². The summed E-state index contributed by atoms with van der Waals surface area (Å²) in [5, 5.41) is 0. The third-order valence-corrected chi connectivity index (χ3v) is 3.94. The van der Waals surface area contributed by atoms with E-state index in [2.05, 4.69) is 9.88 Å². The van der Waals surface area contributed by atoms with Gasteiger partial charge in [-0.05, 0) is 24.5 Å². The lowest BCUT2D eigenvalue weighted by molar-refractivity contribution is 0.0621. The number of amides is 1. The van der Waals surface area contributed by atoms with Crippen LogP contribution < -0.4 is 5.73 Å². The zero-order valence-electron chi connectivity index (χ0n) is 11.1. The number of aromatic nitrogens is 1. The first-order valence-electron chi connectivity index (χ1n) is 6.96. The highest BCUT2D eigenvalue weighted by molar-refractivity contribution is 5.92. The molecule has 2 N–H and O–H groups in total. The lowest BCUT2D eigenvalue weighted by Gasteiger charge is -2.34. The van der Waals surface area contributed by atoms with Crippen LogP contribution in [-0.2, 0) is 6.54 Å². The second kappa shape index (κ2) is 5.27. The summed E-state index contributed by atoms with van der Waals surface area (Å²) in [5.41, 5.74) is 7.01. The molecular weight excluding hydrogens is 240 g/mol. The van der Waals surface area contributed by atoms with E-state index >= 15 is 0 Å². The van der Waals surface area contributed by atoms with Crippen LogP contribution in [0, 0.1) is 0 Å². The van der Waals surface area contributed by atoms with Gasteiger partial charge < -0.3 is 10.6 Å². The molecule has 2 aliphatic rings. The van der Waals surface area contributed by atoms with Gasteiger partial charge in [0.15, 0.2) is 0 Å². The van der Waals surface area contributed by atoms with Gasteiger partial charge in [0.05, 0.1) is 0 Å². The first-order valence-corrected chi connectivity index (χ1v) is 6.96. The molecule has 102 valence electrons. The summed E-state index contributed by atoms with van der Waals surface area (Å²) in [6, 6.07) is 4.44. The van der Waals surface area contributed by atoms with Crippen molar-refractivity contribution >= 4 is 5.91 Å². The largest absolute Gasteiger partial charge is 0.335 e. The van der Waals surface area contributed by atoms with E-state index in [1.807, 2.05) is 11.0 Å². The summed E-state index contributed by atoms with van der Waals surface area (Å²) >= 11 is 0. The number of hydrogen-bond donors (Lipinski definition) is 1. The molecule has 1 aliphatic heterocycles. The zero-order chi connectivity index (χ0) is 13.2. The van der Waals surface area contributed by atoms with Gasteiger partial charge in [0.25, 0.3) is 5.91 Å². The van der Waals surface area contributed by atoms with Crippen molar-refractivity contribution in [1.29, 1.82) is 0 Å². The van der Waals surface area contributed by atoms with E-state index in [4.69, 9.17) is 5.73 Å². The molecule has 1 aliphatic carbocycles. The van der Waals surface area contributed by atoms with E-state index < -0.39 is 0 Å². The Morgan fingerprint density at radius 3 is 2.53 bits per heavy atom. The minimum Gasteiger partial charge on any atom is -0.335 e. The third-order valence-electron chi connectivity index (χ3n) is 3.94. The molecular formula is C14H20N4O. The predicted octanol–water partition coefficient (Wildman–Crippen LogP) is 0.460. The van der Waals surface area contributed by atoms with Crippen molar-refractivity contribution in [2.24, 2.45) is 5.73 Å². The monoisotopic (exact) mass is 260 g/mol. The maximum absolute atomic E-state index is 12.3. The summed E-state index contributed by atoms with van der Waals surface area (Å²) in [6.45, 7) is 4.08. The van der Waals surface area contributed by atoms with E-state index in [9.17, 15) is 4.79 Å². The van der Waals surface area contributed by atoms with E-state index in [-0.39, 0.29) is 5.91 Å². The molecule has 1 saturated heterocycles. The van der Waals surface area contributed by atoms with Crippen molar-refractivity contribution in [3.8, 4) is 0 Å². The standard InChI is InChI=1S/C14H20N4O/c15-9-11-1-4-13(16-10-11)14(19)18-7-5-17(6-8-18)12-2-3-12/h1,4,10,12H,2-3,5-9,15H2. The number of nitrogens with two attached hydrogens (primary N) is 1. The van der Waals surface area contributed by atoms with Crippen LogP contribution in [0.4, 0.5) is 0 Å². The molecule has 0 atom stereocenters. The molecule has 1 saturated carbocycles. The van der Waals surface area contributed by atoms with Crippen molar-refractivity contribution in [3.63, 3.8) is 0 Å². The predicted molar refractivity (Wildman–Crippen MR) is 72.6 cm³/mol. The molecule has 2 heterocycles. The van der Waals surface area contributed by atoms with Crippen LogP contribution in [0.1, 0.15) is 28.9 Å². The fraction of sp³-hybridized carbons (Fsp3) is 0.571. The van der Waals surface area contributed by atoms with Gasteiger partial charge in [-0.15, -0.1) is 0 Å². The van der Waals surface area contributed by atoms with Gasteiger partial charge in [-0.1, -0.05) is 6.07 Å². The topological polar surface area (TPSA) is 62.5 Å². The summed E-state index contributed by atoms with van der Waals surface area (Å²) in [6.07, 6.45) is 4.35. The first-order chi connectivity index (χ1) is 9.28. The molecule has 19 heavy (non-hydrogen) atoms. The Morgan fingerprint density at radius 2 is 2.00 bits per heavy atom. The summed E-state index contributed by atoms with van der Waals surface area (Å²) in [7, 11) is 0. The number of rotatable bonds is 3. The SMILES string of the molecule is NCc1ccc(C(=O)N2CCN(C3CC3)CC2)nc1. The number of carbonyl (C=O) groups excluding carboxylic acids is 1. The van der Waals surface area contributed by atoms with Gasteiger partial charge in [-0.25, -0.2) is 0 Å². The normalized spacial score (nSPS) is 20.6. The van der Waals surface area contributed by atoms with Crippen LogP contribution in [0.15, 0.2) is 18.3 Å². The molecule has 2 fully saturated rings. The maximum atomic E-state index is 12.3. The summed E-state index contributed by atoms with van der Waals surface area (Å²) in [4.78, 5) is 20.9. The van der Waals surface area contributed by atoms with Gasteiger partial charge in [0.2, 0.25) is 0 Å². The van der Waals surface area contributed by atoms with Gasteiger partial charge in [0, 0.05) is 45.0 Å². The van der Waals surface area contributed by atoms with Crippen molar-refractivity contribution in [2.45, 2.75) is 25.4 Å². The number of piperazine rings is 1. The fourth-order valence-corrected chi connectivity index (χ4v) is 2.56. The van der Waals surface area contributed by atoms with E-state index in [0.29, 0.717) is 12.2 Å². The smallest absolute Gasteiger partial charge is 0.272 e. The molecule has 3 rings (SSSR count). The lowest BCUT2D eigenvalue weighted by Crippen LogP contribution is -2.49. The van der Waals surface area contributed by atoms with Crippen LogP contribution in [0.25, 0.3) is 0 Å². The highest BCUT2D eigenvalue weighted by Crippen LogP contribution is 2.27. The minimum atomic E-state index is 0.0408. The zero-order valence-corrected chi connectivity index (χ0v) is 11.1. The molecule has 0 bridgehead atoms. The van der Waals surface area contributed by atoms with Gasteiger partial charge in [0.1, 0.15) is 5.69 Å². The molecule has 1 aromatic rings. The Balaban J connectivity index is 1.60. The van der Waals surface area contributed by atoms with Gasteiger partial charge in [-0.2, -0.15) is 0 Å². The molecule has 5 heteroatoms. The fourth-order valence-electron chi connectivity index (χ4n) is 2.56. The van der Waals surface area contributed by atoms with Gasteiger partial charge in [-0.3, -0.25) is 14.7 Å². The Kier molecular flexibility index (Phi) is 3.48. The average Bonchev–Trinajstić information content (AvgIpc) is 3.31. The van der Waals surface area contributed by atoms with Crippen LogP contribution in [0.3, 0.4) is 0 Å². The van der Waals surface area contributed by atoms with Crippen LogP contribution in [0.2, 0.25) is 0 Å². The number of nitrogens with zero attached hydrogens (tertiary/aromatic N) is 3. The summed E-state index contributed by atoms with van der Waals surface area (Å²) < 4.78 is 0. The van der Waals surface area contributed by atoms with Crippen LogP contribution >= 0.6 is 0 Å².